The smallest absolute Gasteiger partial charge is 0.322 e. The molecular weight excluding hydrogens is 268 g/mol. The Labute approximate surface area is 116 Å². The van der Waals surface area contributed by atoms with Gasteiger partial charge in [0.25, 0.3) is 0 Å². The van der Waals surface area contributed by atoms with Crippen LogP contribution in [-0.4, -0.2) is 34.6 Å². The maximum absolute atomic E-state index is 12.1. The van der Waals surface area contributed by atoms with Crippen molar-refractivity contribution in [1.29, 1.82) is 0 Å². The number of amides is 2. The summed E-state index contributed by atoms with van der Waals surface area (Å²) in [6.07, 6.45) is 1.82. The van der Waals surface area contributed by atoms with E-state index in [0.29, 0.717) is 10.7 Å². The van der Waals surface area contributed by atoms with E-state index < -0.39 is 5.97 Å². The fourth-order valence-electron chi connectivity index (χ4n) is 1.81. The fourth-order valence-corrected chi connectivity index (χ4v) is 2.00. The molecule has 0 radical (unpaired) electrons. The summed E-state index contributed by atoms with van der Waals surface area (Å²) < 4.78 is 0. The van der Waals surface area contributed by atoms with Crippen LogP contribution in [0, 0.1) is 0 Å². The Morgan fingerprint density at radius 3 is 2.74 bits per heavy atom. The van der Waals surface area contributed by atoms with E-state index in [4.69, 9.17) is 16.7 Å². The van der Waals surface area contributed by atoms with Crippen molar-refractivity contribution in [3.8, 4) is 0 Å². The number of rotatable bonds is 5. The van der Waals surface area contributed by atoms with Crippen molar-refractivity contribution in [2.24, 2.45) is 0 Å². The summed E-state index contributed by atoms with van der Waals surface area (Å²) in [6.45, 7) is 0.229. The molecule has 0 unspecified atom stereocenters. The lowest BCUT2D eigenvalue weighted by Gasteiger charge is -2.22. The van der Waals surface area contributed by atoms with E-state index in [2.05, 4.69) is 5.32 Å². The van der Waals surface area contributed by atoms with Gasteiger partial charge < -0.3 is 15.3 Å². The van der Waals surface area contributed by atoms with Crippen molar-refractivity contribution < 1.29 is 14.7 Å². The van der Waals surface area contributed by atoms with Crippen LogP contribution in [0.25, 0.3) is 0 Å². The molecule has 0 aliphatic heterocycles. The summed E-state index contributed by atoms with van der Waals surface area (Å²) >= 11 is 5.84. The molecule has 19 heavy (non-hydrogen) atoms. The molecule has 0 heterocycles. The number of nitrogens with zero attached hydrogens (tertiary/aromatic N) is 1. The van der Waals surface area contributed by atoms with Gasteiger partial charge in [-0.15, -0.1) is 0 Å². The zero-order chi connectivity index (χ0) is 13.8. The topological polar surface area (TPSA) is 69.6 Å². The van der Waals surface area contributed by atoms with Crippen LogP contribution in [0.4, 0.5) is 10.5 Å². The van der Waals surface area contributed by atoms with Gasteiger partial charge in [-0.2, -0.15) is 0 Å². The number of halogens is 1. The maximum atomic E-state index is 12.1. The van der Waals surface area contributed by atoms with Crippen LogP contribution in [0.15, 0.2) is 24.3 Å². The van der Waals surface area contributed by atoms with Crippen molar-refractivity contribution in [3.63, 3.8) is 0 Å². The minimum Gasteiger partial charge on any atom is -0.481 e. The third kappa shape index (κ3) is 4.13. The highest BCUT2D eigenvalue weighted by atomic mass is 35.5. The van der Waals surface area contributed by atoms with Crippen LogP contribution >= 0.6 is 11.6 Å². The molecular formula is C13H15ClN2O3. The average molecular weight is 283 g/mol. The Bertz CT molecular complexity index is 489. The zero-order valence-corrected chi connectivity index (χ0v) is 11.1. The van der Waals surface area contributed by atoms with Crippen molar-refractivity contribution in [3.05, 3.63) is 29.3 Å². The lowest BCUT2D eigenvalue weighted by Crippen LogP contribution is -2.38. The molecule has 0 aromatic heterocycles. The van der Waals surface area contributed by atoms with Crippen molar-refractivity contribution in [2.45, 2.75) is 25.3 Å². The Balaban J connectivity index is 1.97. The van der Waals surface area contributed by atoms with E-state index in [1.54, 1.807) is 29.2 Å². The number of hydrogen-bond acceptors (Lipinski definition) is 2. The van der Waals surface area contributed by atoms with Gasteiger partial charge in [0.15, 0.2) is 0 Å². The van der Waals surface area contributed by atoms with Gasteiger partial charge in [0.05, 0.1) is 6.42 Å². The van der Waals surface area contributed by atoms with Crippen LogP contribution < -0.4 is 5.32 Å². The molecule has 0 atom stereocenters. The Morgan fingerprint density at radius 1 is 1.42 bits per heavy atom. The summed E-state index contributed by atoms with van der Waals surface area (Å²) in [5.41, 5.74) is 0.610. The maximum Gasteiger partial charge on any atom is 0.322 e. The standard InChI is InChI=1S/C13H15ClN2O3/c14-9-2-1-3-10(8-9)15-13(19)16(11-4-5-11)7-6-12(17)18/h1-3,8,11H,4-7H2,(H,15,19)(H,17,18). The number of carboxylic acids is 1. The van der Waals surface area contributed by atoms with Crippen LogP contribution in [-0.2, 0) is 4.79 Å². The monoisotopic (exact) mass is 282 g/mol. The van der Waals surface area contributed by atoms with E-state index in [1.807, 2.05) is 0 Å². The largest absolute Gasteiger partial charge is 0.481 e. The third-order valence-electron chi connectivity index (χ3n) is 2.89. The number of benzene rings is 1. The first-order chi connectivity index (χ1) is 9.06. The van der Waals surface area contributed by atoms with Gasteiger partial charge in [0.2, 0.25) is 0 Å². The Hall–Kier alpha value is -1.75. The highest BCUT2D eigenvalue weighted by Gasteiger charge is 2.32. The first-order valence-corrected chi connectivity index (χ1v) is 6.49. The van der Waals surface area contributed by atoms with Gasteiger partial charge in [-0.05, 0) is 31.0 Å². The van der Waals surface area contributed by atoms with Crippen LogP contribution in [0.2, 0.25) is 5.02 Å². The van der Waals surface area contributed by atoms with Gasteiger partial charge in [-0.1, -0.05) is 17.7 Å². The number of nitrogens with one attached hydrogen (secondary N) is 1. The van der Waals surface area contributed by atoms with Gasteiger partial charge in [-0.3, -0.25) is 4.79 Å². The molecule has 1 saturated carbocycles. The number of aliphatic carboxylic acids is 1. The second kappa shape index (κ2) is 5.93. The molecule has 1 aliphatic carbocycles. The lowest BCUT2D eigenvalue weighted by molar-refractivity contribution is -0.137. The van der Waals surface area contributed by atoms with E-state index in [9.17, 15) is 9.59 Å². The number of carbonyl (C=O) groups is 2. The normalized spacial score (nSPS) is 13.9. The quantitative estimate of drug-likeness (QED) is 0.872. The first-order valence-electron chi connectivity index (χ1n) is 6.11. The van der Waals surface area contributed by atoms with Gasteiger partial charge in [0.1, 0.15) is 0 Å². The lowest BCUT2D eigenvalue weighted by atomic mass is 10.3. The van der Waals surface area contributed by atoms with E-state index in [1.165, 1.54) is 0 Å². The fraction of sp³-hybridized carbons (Fsp3) is 0.385. The van der Waals surface area contributed by atoms with E-state index >= 15 is 0 Å². The molecule has 1 aromatic carbocycles. The Morgan fingerprint density at radius 2 is 2.16 bits per heavy atom. The molecule has 1 aliphatic rings. The summed E-state index contributed by atoms with van der Waals surface area (Å²) in [7, 11) is 0. The van der Waals surface area contributed by atoms with Gasteiger partial charge in [-0.25, -0.2) is 4.79 Å². The molecule has 5 nitrogen and oxygen atoms in total. The second-order valence-electron chi connectivity index (χ2n) is 4.51. The van der Waals surface area contributed by atoms with Gasteiger partial charge in [0, 0.05) is 23.3 Å². The summed E-state index contributed by atoms with van der Waals surface area (Å²) in [6, 6.07) is 6.76. The van der Waals surface area contributed by atoms with Crippen molar-refractivity contribution >= 4 is 29.3 Å². The molecule has 0 spiro atoms. The minimum absolute atomic E-state index is 0.0422. The minimum atomic E-state index is -0.902. The highest BCUT2D eigenvalue weighted by Crippen LogP contribution is 2.27. The predicted molar refractivity (Wildman–Crippen MR) is 72.5 cm³/mol. The highest BCUT2D eigenvalue weighted by molar-refractivity contribution is 6.30. The Kier molecular flexibility index (Phi) is 4.27. The number of hydrogen-bond donors (Lipinski definition) is 2. The van der Waals surface area contributed by atoms with Crippen LogP contribution in [0.1, 0.15) is 19.3 Å². The number of urea groups is 1. The van der Waals surface area contributed by atoms with Gasteiger partial charge >= 0.3 is 12.0 Å². The molecule has 1 fully saturated rings. The van der Waals surface area contributed by atoms with E-state index in [-0.39, 0.29) is 25.0 Å². The summed E-state index contributed by atoms with van der Waals surface area (Å²) in [5.74, 6) is -0.902. The SMILES string of the molecule is O=C(O)CCN(C(=O)Nc1cccc(Cl)c1)C1CC1. The number of anilines is 1. The number of carboxylic acid groups (broad SMARTS) is 1. The molecule has 2 amide bonds. The third-order valence-corrected chi connectivity index (χ3v) is 3.13. The van der Waals surface area contributed by atoms with Crippen molar-refractivity contribution in [2.75, 3.05) is 11.9 Å². The predicted octanol–water partition coefficient (Wildman–Crippen LogP) is 2.81. The molecule has 2 N–H and O–H groups in total. The zero-order valence-electron chi connectivity index (χ0n) is 10.3. The summed E-state index contributed by atoms with van der Waals surface area (Å²) in [4.78, 5) is 24.3. The molecule has 102 valence electrons. The van der Waals surface area contributed by atoms with Crippen LogP contribution in [0.3, 0.4) is 0 Å². The molecule has 0 bridgehead atoms. The first kappa shape index (κ1) is 13.7. The van der Waals surface area contributed by atoms with Crippen molar-refractivity contribution in [1.82, 2.24) is 4.90 Å². The number of carbonyl (C=O) groups excluding carboxylic acids is 1. The second-order valence-corrected chi connectivity index (χ2v) is 4.95. The molecule has 1 aromatic rings. The van der Waals surface area contributed by atoms with E-state index in [0.717, 1.165) is 12.8 Å². The van der Waals surface area contributed by atoms with Crippen LogP contribution in [0.5, 0.6) is 0 Å². The molecule has 2 rings (SSSR count). The average Bonchev–Trinajstić information content (AvgIpc) is 3.13. The molecule has 0 saturated heterocycles. The summed E-state index contributed by atoms with van der Waals surface area (Å²) in [5, 5.41) is 12.0. The molecule has 6 heteroatoms.